The Labute approximate surface area is 141 Å². The van der Waals surface area contributed by atoms with Crippen molar-refractivity contribution in [3.05, 3.63) is 29.8 Å². The van der Waals surface area contributed by atoms with Crippen LogP contribution in [0.15, 0.2) is 24.3 Å². The van der Waals surface area contributed by atoms with Crippen LogP contribution in [-0.4, -0.2) is 17.7 Å². The second kappa shape index (κ2) is 13.0. The summed E-state index contributed by atoms with van der Waals surface area (Å²) >= 11 is 0. The molecule has 0 aromatic heterocycles. The van der Waals surface area contributed by atoms with Crippen molar-refractivity contribution in [2.24, 2.45) is 0 Å². The van der Waals surface area contributed by atoms with Gasteiger partial charge in [-0.05, 0) is 24.1 Å². The summed E-state index contributed by atoms with van der Waals surface area (Å²) in [5, 5.41) is 8.72. The predicted molar refractivity (Wildman–Crippen MR) is 95.1 cm³/mol. The van der Waals surface area contributed by atoms with E-state index in [0.717, 1.165) is 24.3 Å². The molecule has 0 bridgehead atoms. The second-order valence-corrected chi connectivity index (χ2v) is 6.24. The minimum atomic E-state index is -0.802. The third-order valence-corrected chi connectivity index (χ3v) is 4.05. The van der Waals surface area contributed by atoms with Gasteiger partial charge < -0.3 is 9.84 Å². The minimum Gasteiger partial charge on any atom is -0.494 e. The van der Waals surface area contributed by atoms with Crippen LogP contribution in [0.4, 0.5) is 0 Å². The topological polar surface area (TPSA) is 46.5 Å². The monoisotopic (exact) mass is 320 g/mol. The SMILES string of the molecule is CCCCCCCCCCCCOc1ccc(CC(=O)O)cc1. The van der Waals surface area contributed by atoms with Gasteiger partial charge in [-0.1, -0.05) is 76.8 Å². The lowest BCUT2D eigenvalue weighted by atomic mass is 10.1. The first kappa shape index (κ1) is 19.5. The maximum atomic E-state index is 10.6. The number of carboxylic acids is 1. The van der Waals surface area contributed by atoms with Crippen LogP contribution in [0, 0.1) is 0 Å². The average molecular weight is 320 g/mol. The van der Waals surface area contributed by atoms with E-state index in [1.54, 1.807) is 0 Å². The zero-order valence-electron chi connectivity index (χ0n) is 14.6. The molecule has 3 nitrogen and oxygen atoms in total. The fourth-order valence-corrected chi connectivity index (χ4v) is 2.66. The van der Waals surface area contributed by atoms with Gasteiger partial charge in [0, 0.05) is 0 Å². The normalized spacial score (nSPS) is 10.7. The smallest absolute Gasteiger partial charge is 0.307 e. The Kier molecular flexibility index (Phi) is 11.0. The Morgan fingerprint density at radius 2 is 1.39 bits per heavy atom. The fraction of sp³-hybridized carbons (Fsp3) is 0.650. The van der Waals surface area contributed by atoms with Gasteiger partial charge in [-0.2, -0.15) is 0 Å². The molecule has 1 aromatic carbocycles. The van der Waals surface area contributed by atoms with Crippen LogP contribution in [0.3, 0.4) is 0 Å². The molecule has 0 radical (unpaired) electrons. The van der Waals surface area contributed by atoms with E-state index in [0.29, 0.717) is 0 Å². The Balaban J connectivity index is 1.95. The summed E-state index contributed by atoms with van der Waals surface area (Å²) in [7, 11) is 0. The molecule has 0 aliphatic carbocycles. The third-order valence-electron chi connectivity index (χ3n) is 4.05. The van der Waals surface area contributed by atoms with Crippen LogP contribution in [0.2, 0.25) is 0 Å². The molecule has 130 valence electrons. The molecular formula is C20H32O3. The van der Waals surface area contributed by atoms with E-state index >= 15 is 0 Å². The molecule has 1 rings (SSSR count). The number of hydrogen-bond donors (Lipinski definition) is 1. The van der Waals surface area contributed by atoms with Crippen molar-refractivity contribution in [2.75, 3.05) is 6.61 Å². The van der Waals surface area contributed by atoms with Crippen LogP contribution < -0.4 is 4.74 Å². The Morgan fingerprint density at radius 1 is 0.870 bits per heavy atom. The molecular weight excluding hydrogens is 288 g/mol. The lowest BCUT2D eigenvalue weighted by Gasteiger charge is -2.07. The molecule has 3 heteroatoms. The summed E-state index contributed by atoms with van der Waals surface area (Å²) in [4.78, 5) is 10.6. The standard InChI is InChI=1S/C20H32O3/c1-2-3-4-5-6-7-8-9-10-11-16-23-19-14-12-18(13-15-19)17-20(21)22/h12-15H,2-11,16-17H2,1H3,(H,21,22). The molecule has 23 heavy (non-hydrogen) atoms. The summed E-state index contributed by atoms with van der Waals surface area (Å²) in [6.07, 6.45) is 13.3. The number of carboxylic acid groups (broad SMARTS) is 1. The molecule has 0 aliphatic heterocycles. The first-order valence-corrected chi connectivity index (χ1v) is 9.16. The van der Waals surface area contributed by atoms with Crippen molar-refractivity contribution >= 4 is 5.97 Å². The van der Waals surface area contributed by atoms with Gasteiger partial charge in [0.1, 0.15) is 5.75 Å². The molecule has 0 heterocycles. The van der Waals surface area contributed by atoms with Crippen LogP contribution in [0.1, 0.15) is 76.7 Å². The van der Waals surface area contributed by atoms with E-state index < -0.39 is 5.97 Å². The molecule has 0 saturated heterocycles. The summed E-state index contributed by atoms with van der Waals surface area (Å²) in [5.41, 5.74) is 0.809. The zero-order chi connectivity index (χ0) is 16.8. The minimum absolute atomic E-state index is 0.0682. The van der Waals surface area contributed by atoms with Crippen molar-refractivity contribution in [2.45, 2.75) is 77.6 Å². The molecule has 0 spiro atoms. The van der Waals surface area contributed by atoms with Gasteiger partial charge in [0.2, 0.25) is 0 Å². The molecule has 1 aromatic rings. The highest BCUT2D eigenvalue weighted by molar-refractivity contribution is 5.70. The predicted octanol–water partition coefficient (Wildman–Crippen LogP) is 5.61. The Bertz CT molecular complexity index is 411. The molecule has 0 aliphatic rings. The van der Waals surface area contributed by atoms with E-state index in [1.165, 1.54) is 57.8 Å². The Morgan fingerprint density at radius 3 is 1.91 bits per heavy atom. The molecule has 0 fully saturated rings. The third kappa shape index (κ3) is 10.8. The summed E-state index contributed by atoms with van der Waals surface area (Å²) < 4.78 is 5.69. The van der Waals surface area contributed by atoms with E-state index in [4.69, 9.17) is 9.84 Å². The molecule has 0 saturated carbocycles. The van der Waals surface area contributed by atoms with E-state index in [-0.39, 0.29) is 6.42 Å². The first-order chi connectivity index (χ1) is 11.2. The van der Waals surface area contributed by atoms with Gasteiger partial charge in [-0.3, -0.25) is 4.79 Å². The molecule has 0 unspecified atom stereocenters. The quantitative estimate of drug-likeness (QED) is 0.453. The van der Waals surface area contributed by atoms with Gasteiger partial charge in [0.15, 0.2) is 0 Å². The molecule has 0 amide bonds. The largest absolute Gasteiger partial charge is 0.494 e. The zero-order valence-corrected chi connectivity index (χ0v) is 14.6. The average Bonchev–Trinajstić information content (AvgIpc) is 2.53. The van der Waals surface area contributed by atoms with Crippen molar-refractivity contribution in [3.8, 4) is 5.75 Å². The maximum Gasteiger partial charge on any atom is 0.307 e. The van der Waals surface area contributed by atoms with Gasteiger partial charge in [0.05, 0.1) is 13.0 Å². The number of rotatable bonds is 14. The highest BCUT2D eigenvalue weighted by atomic mass is 16.5. The number of aliphatic carboxylic acids is 1. The fourth-order valence-electron chi connectivity index (χ4n) is 2.66. The highest BCUT2D eigenvalue weighted by Crippen LogP contribution is 2.14. The number of benzene rings is 1. The van der Waals surface area contributed by atoms with E-state index in [2.05, 4.69) is 6.92 Å². The van der Waals surface area contributed by atoms with Crippen LogP contribution in [0.5, 0.6) is 5.75 Å². The highest BCUT2D eigenvalue weighted by Gasteiger charge is 2.00. The lowest BCUT2D eigenvalue weighted by molar-refractivity contribution is -0.136. The van der Waals surface area contributed by atoms with Crippen molar-refractivity contribution in [1.29, 1.82) is 0 Å². The van der Waals surface area contributed by atoms with Crippen LogP contribution in [0.25, 0.3) is 0 Å². The van der Waals surface area contributed by atoms with E-state index in [1.807, 2.05) is 24.3 Å². The van der Waals surface area contributed by atoms with Gasteiger partial charge in [-0.25, -0.2) is 0 Å². The van der Waals surface area contributed by atoms with E-state index in [9.17, 15) is 4.79 Å². The summed E-state index contributed by atoms with van der Waals surface area (Å²) in [5.74, 6) is 0.0269. The molecule has 1 N–H and O–H groups in total. The number of unbranched alkanes of at least 4 members (excludes halogenated alkanes) is 9. The van der Waals surface area contributed by atoms with Crippen molar-refractivity contribution < 1.29 is 14.6 Å². The van der Waals surface area contributed by atoms with Crippen LogP contribution >= 0.6 is 0 Å². The number of hydrogen-bond acceptors (Lipinski definition) is 2. The number of carbonyl (C=O) groups is 1. The Hall–Kier alpha value is -1.51. The van der Waals surface area contributed by atoms with Gasteiger partial charge >= 0.3 is 5.97 Å². The number of ether oxygens (including phenoxy) is 1. The van der Waals surface area contributed by atoms with Crippen molar-refractivity contribution in [1.82, 2.24) is 0 Å². The lowest BCUT2D eigenvalue weighted by Crippen LogP contribution is -2.00. The van der Waals surface area contributed by atoms with Gasteiger partial charge in [-0.15, -0.1) is 0 Å². The second-order valence-electron chi connectivity index (χ2n) is 6.24. The summed E-state index contributed by atoms with van der Waals surface area (Å²) in [6, 6.07) is 7.35. The van der Waals surface area contributed by atoms with Crippen LogP contribution in [-0.2, 0) is 11.2 Å². The first-order valence-electron chi connectivity index (χ1n) is 9.16. The summed E-state index contributed by atoms with van der Waals surface area (Å²) in [6.45, 7) is 3.00. The van der Waals surface area contributed by atoms with Gasteiger partial charge in [0.25, 0.3) is 0 Å². The maximum absolute atomic E-state index is 10.6. The molecule has 0 atom stereocenters. The van der Waals surface area contributed by atoms with Crippen molar-refractivity contribution in [3.63, 3.8) is 0 Å².